The molecule has 0 saturated heterocycles. The molecule has 16 heavy (non-hydrogen) atoms. The van der Waals surface area contributed by atoms with E-state index in [1.165, 1.54) is 12.8 Å². The van der Waals surface area contributed by atoms with E-state index < -0.39 is 0 Å². The molecule has 2 aromatic heterocycles. The van der Waals surface area contributed by atoms with Gasteiger partial charge in [-0.2, -0.15) is 0 Å². The van der Waals surface area contributed by atoms with Crippen LogP contribution in [0.3, 0.4) is 0 Å². The van der Waals surface area contributed by atoms with Crippen LogP contribution in [0.25, 0.3) is 5.52 Å². The first-order valence-corrected chi connectivity index (χ1v) is 5.78. The monoisotopic (exact) mass is 234 g/mol. The van der Waals surface area contributed by atoms with E-state index in [9.17, 15) is 4.79 Å². The number of fused-ring (bicyclic) bond motifs is 1. The Hall–Kier alpha value is -1.35. The van der Waals surface area contributed by atoms with E-state index in [2.05, 4.69) is 4.98 Å². The quantitative estimate of drug-likeness (QED) is 0.765. The molecule has 3 rings (SSSR count). The molecule has 1 fully saturated rings. The van der Waals surface area contributed by atoms with Crippen LogP contribution in [-0.2, 0) is 11.2 Å². The number of carbonyl (C=O) groups excluding carboxylic acids is 1. The minimum Gasteiger partial charge on any atom is -0.303 e. The van der Waals surface area contributed by atoms with Gasteiger partial charge in [0.1, 0.15) is 12.1 Å². The predicted octanol–water partition coefficient (Wildman–Crippen LogP) is 2.61. The first kappa shape index (κ1) is 9.85. The lowest BCUT2D eigenvalue weighted by molar-refractivity contribution is -0.107. The normalized spacial score (nSPS) is 15.6. The number of nitrogens with zero attached hydrogens (tertiary/aromatic N) is 2. The smallest absolute Gasteiger partial charge is 0.155 e. The second-order valence-corrected chi connectivity index (χ2v) is 4.52. The highest BCUT2D eigenvalue weighted by Gasteiger charge is 2.29. The van der Waals surface area contributed by atoms with Crippen LogP contribution in [0, 0.1) is 0 Å². The fourth-order valence-corrected chi connectivity index (χ4v) is 2.37. The number of imidazole rings is 1. The molecule has 1 aliphatic carbocycles. The summed E-state index contributed by atoms with van der Waals surface area (Å²) >= 11 is 6.14. The van der Waals surface area contributed by atoms with E-state index in [0.29, 0.717) is 17.5 Å². The number of aldehydes is 1. The molecule has 0 radical (unpaired) electrons. The van der Waals surface area contributed by atoms with Crippen molar-refractivity contribution in [3.05, 3.63) is 34.9 Å². The van der Waals surface area contributed by atoms with Crippen molar-refractivity contribution < 1.29 is 4.79 Å². The van der Waals surface area contributed by atoms with Crippen molar-refractivity contribution in [2.45, 2.75) is 25.2 Å². The molecule has 3 nitrogen and oxygen atoms in total. The van der Waals surface area contributed by atoms with E-state index in [-0.39, 0.29) is 0 Å². The second-order valence-electron chi connectivity index (χ2n) is 4.16. The van der Waals surface area contributed by atoms with Crippen LogP contribution in [0.15, 0.2) is 18.3 Å². The van der Waals surface area contributed by atoms with Crippen LogP contribution >= 0.6 is 11.6 Å². The SMILES string of the molecule is O=CCc1cccn2c(C3CC3)nc(Cl)c12. The molecule has 2 heterocycles. The summed E-state index contributed by atoms with van der Waals surface area (Å²) in [5.41, 5.74) is 1.83. The van der Waals surface area contributed by atoms with Crippen molar-refractivity contribution in [3.63, 3.8) is 0 Å². The van der Waals surface area contributed by atoms with Crippen LogP contribution in [0.1, 0.15) is 30.1 Å². The molecule has 4 heteroatoms. The van der Waals surface area contributed by atoms with Gasteiger partial charge in [-0.3, -0.25) is 0 Å². The van der Waals surface area contributed by atoms with Gasteiger partial charge < -0.3 is 9.20 Å². The zero-order chi connectivity index (χ0) is 11.1. The van der Waals surface area contributed by atoms with E-state index in [4.69, 9.17) is 11.6 Å². The standard InChI is InChI=1S/C12H11ClN2O/c13-11-10-8(5-7-16)2-1-6-15(10)12(14-11)9-3-4-9/h1-2,6-7,9H,3-5H2. The van der Waals surface area contributed by atoms with Crippen molar-refractivity contribution in [3.8, 4) is 0 Å². The van der Waals surface area contributed by atoms with Gasteiger partial charge in [-0.05, 0) is 24.5 Å². The molecule has 1 aliphatic rings. The average molecular weight is 235 g/mol. The predicted molar refractivity (Wildman–Crippen MR) is 61.9 cm³/mol. The maximum absolute atomic E-state index is 10.6. The Morgan fingerprint density at radius 1 is 1.56 bits per heavy atom. The van der Waals surface area contributed by atoms with Crippen molar-refractivity contribution >= 4 is 23.4 Å². The minimum atomic E-state index is 0.389. The van der Waals surface area contributed by atoms with Crippen LogP contribution in [0.2, 0.25) is 5.15 Å². The molecule has 0 aliphatic heterocycles. The van der Waals surface area contributed by atoms with Crippen LogP contribution in [0.4, 0.5) is 0 Å². The summed E-state index contributed by atoms with van der Waals surface area (Å²) in [6.45, 7) is 0. The molecular weight excluding hydrogens is 224 g/mol. The maximum Gasteiger partial charge on any atom is 0.155 e. The highest BCUT2D eigenvalue weighted by molar-refractivity contribution is 6.33. The lowest BCUT2D eigenvalue weighted by Gasteiger charge is -2.02. The number of carbonyl (C=O) groups is 1. The van der Waals surface area contributed by atoms with Crippen molar-refractivity contribution in [2.75, 3.05) is 0 Å². The van der Waals surface area contributed by atoms with Gasteiger partial charge in [0.25, 0.3) is 0 Å². The summed E-state index contributed by atoms with van der Waals surface area (Å²) < 4.78 is 2.03. The number of halogens is 1. The topological polar surface area (TPSA) is 34.4 Å². The van der Waals surface area contributed by atoms with Crippen LogP contribution < -0.4 is 0 Å². The summed E-state index contributed by atoms with van der Waals surface area (Å²) in [5, 5.41) is 0.513. The fourth-order valence-electron chi connectivity index (χ4n) is 2.07. The number of hydrogen-bond acceptors (Lipinski definition) is 2. The third kappa shape index (κ3) is 1.43. The Balaban J connectivity index is 2.26. The van der Waals surface area contributed by atoms with E-state index >= 15 is 0 Å². The largest absolute Gasteiger partial charge is 0.303 e. The molecule has 2 aromatic rings. The van der Waals surface area contributed by atoms with Gasteiger partial charge in [-0.15, -0.1) is 0 Å². The summed E-state index contributed by atoms with van der Waals surface area (Å²) in [6.07, 6.45) is 5.63. The first-order valence-electron chi connectivity index (χ1n) is 5.40. The van der Waals surface area contributed by atoms with Crippen LogP contribution in [0.5, 0.6) is 0 Å². The molecule has 0 amide bonds. The minimum absolute atomic E-state index is 0.389. The zero-order valence-electron chi connectivity index (χ0n) is 8.69. The molecule has 0 bridgehead atoms. The van der Waals surface area contributed by atoms with E-state index in [1.807, 2.05) is 22.7 Å². The summed E-state index contributed by atoms with van der Waals surface area (Å²) in [5.74, 6) is 1.58. The Bertz CT molecular complexity index is 557. The molecule has 1 saturated carbocycles. The molecule has 0 spiro atoms. The summed E-state index contributed by atoms with van der Waals surface area (Å²) in [6, 6.07) is 3.86. The Labute approximate surface area is 98.1 Å². The third-order valence-corrected chi connectivity index (χ3v) is 3.24. The number of rotatable bonds is 3. The first-order chi connectivity index (χ1) is 7.81. The molecule has 0 N–H and O–H groups in total. The van der Waals surface area contributed by atoms with Crippen molar-refractivity contribution in [1.29, 1.82) is 0 Å². The van der Waals surface area contributed by atoms with Gasteiger partial charge in [0, 0.05) is 18.5 Å². The average Bonchev–Trinajstić information content (AvgIpc) is 3.05. The van der Waals surface area contributed by atoms with Crippen molar-refractivity contribution in [2.24, 2.45) is 0 Å². The van der Waals surface area contributed by atoms with Gasteiger partial charge in [-0.1, -0.05) is 17.7 Å². The number of aromatic nitrogens is 2. The maximum atomic E-state index is 10.6. The highest BCUT2D eigenvalue weighted by atomic mass is 35.5. The highest BCUT2D eigenvalue weighted by Crippen LogP contribution is 2.41. The van der Waals surface area contributed by atoms with Gasteiger partial charge in [0.05, 0.1) is 5.52 Å². The Morgan fingerprint density at radius 2 is 2.38 bits per heavy atom. The number of hydrogen-bond donors (Lipinski definition) is 0. The van der Waals surface area contributed by atoms with E-state index in [0.717, 1.165) is 23.2 Å². The lowest BCUT2D eigenvalue weighted by Crippen LogP contribution is -1.95. The van der Waals surface area contributed by atoms with E-state index in [1.54, 1.807) is 0 Å². The second kappa shape index (κ2) is 3.59. The van der Waals surface area contributed by atoms with Crippen LogP contribution in [-0.4, -0.2) is 15.7 Å². The summed E-state index contributed by atoms with van der Waals surface area (Å²) in [7, 11) is 0. The Kier molecular flexibility index (Phi) is 2.21. The molecule has 0 unspecified atom stereocenters. The Morgan fingerprint density at radius 3 is 3.06 bits per heavy atom. The molecule has 82 valence electrons. The van der Waals surface area contributed by atoms with Gasteiger partial charge in [-0.25, -0.2) is 4.98 Å². The van der Waals surface area contributed by atoms with Gasteiger partial charge in [0.15, 0.2) is 5.15 Å². The number of pyridine rings is 1. The molecule has 0 atom stereocenters. The van der Waals surface area contributed by atoms with Gasteiger partial charge in [0.2, 0.25) is 0 Å². The zero-order valence-corrected chi connectivity index (χ0v) is 9.44. The third-order valence-electron chi connectivity index (χ3n) is 2.98. The lowest BCUT2D eigenvalue weighted by atomic mass is 10.2. The molecule has 0 aromatic carbocycles. The summed E-state index contributed by atoms with van der Waals surface area (Å²) in [4.78, 5) is 15.0. The van der Waals surface area contributed by atoms with Crippen molar-refractivity contribution in [1.82, 2.24) is 9.38 Å². The van der Waals surface area contributed by atoms with Gasteiger partial charge >= 0.3 is 0 Å². The molecular formula is C12H11ClN2O. The fraction of sp³-hybridized carbons (Fsp3) is 0.333.